The van der Waals surface area contributed by atoms with Gasteiger partial charge in [0.25, 0.3) is 5.91 Å². The zero-order valence-electron chi connectivity index (χ0n) is 9.93. The SMILES string of the molecule is CCc1ccc(C(=O)Nc2cccc(C#N)c2)s1. The van der Waals surface area contributed by atoms with E-state index in [1.807, 2.05) is 18.2 Å². The summed E-state index contributed by atoms with van der Waals surface area (Å²) in [5, 5.41) is 11.6. The number of carbonyl (C=O) groups excluding carboxylic acids is 1. The molecule has 90 valence electrons. The molecule has 2 aromatic rings. The van der Waals surface area contributed by atoms with Crippen LogP contribution in [0.2, 0.25) is 0 Å². The molecule has 18 heavy (non-hydrogen) atoms. The fourth-order valence-corrected chi connectivity index (χ4v) is 2.39. The van der Waals surface area contributed by atoms with Crippen molar-refractivity contribution in [1.82, 2.24) is 0 Å². The highest BCUT2D eigenvalue weighted by Gasteiger charge is 2.09. The van der Waals surface area contributed by atoms with Gasteiger partial charge in [0.1, 0.15) is 0 Å². The van der Waals surface area contributed by atoms with E-state index < -0.39 is 0 Å². The Morgan fingerprint density at radius 2 is 2.22 bits per heavy atom. The number of anilines is 1. The van der Waals surface area contributed by atoms with E-state index in [0.717, 1.165) is 6.42 Å². The molecule has 1 amide bonds. The van der Waals surface area contributed by atoms with Crippen molar-refractivity contribution in [2.75, 3.05) is 5.32 Å². The number of nitrogens with one attached hydrogen (secondary N) is 1. The lowest BCUT2D eigenvalue weighted by molar-refractivity contribution is 0.103. The molecule has 0 spiro atoms. The quantitative estimate of drug-likeness (QED) is 0.914. The lowest BCUT2D eigenvalue weighted by Crippen LogP contribution is -2.09. The number of benzene rings is 1. The molecule has 0 saturated carbocycles. The Bertz CT molecular complexity index is 610. The topological polar surface area (TPSA) is 52.9 Å². The molecular formula is C14H12N2OS. The minimum Gasteiger partial charge on any atom is -0.321 e. The van der Waals surface area contributed by atoms with Gasteiger partial charge in [-0.05, 0) is 36.8 Å². The maximum atomic E-state index is 12.0. The summed E-state index contributed by atoms with van der Waals surface area (Å²) in [4.78, 5) is 13.8. The summed E-state index contributed by atoms with van der Waals surface area (Å²) in [6.07, 6.45) is 0.932. The molecule has 1 aromatic carbocycles. The minimum absolute atomic E-state index is 0.130. The van der Waals surface area contributed by atoms with Gasteiger partial charge >= 0.3 is 0 Å². The Labute approximate surface area is 110 Å². The first-order valence-electron chi connectivity index (χ1n) is 5.63. The van der Waals surface area contributed by atoms with Crippen molar-refractivity contribution in [3.8, 4) is 6.07 Å². The second kappa shape index (κ2) is 5.48. The van der Waals surface area contributed by atoms with Gasteiger partial charge in [0.2, 0.25) is 0 Å². The van der Waals surface area contributed by atoms with Gasteiger partial charge in [-0.15, -0.1) is 11.3 Å². The fourth-order valence-electron chi connectivity index (χ4n) is 1.55. The molecule has 1 aromatic heterocycles. The number of rotatable bonds is 3. The van der Waals surface area contributed by atoms with Crippen molar-refractivity contribution in [2.24, 2.45) is 0 Å². The predicted octanol–water partition coefficient (Wildman–Crippen LogP) is 3.43. The molecule has 0 aliphatic heterocycles. The fraction of sp³-hybridized carbons (Fsp3) is 0.143. The predicted molar refractivity (Wildman–Crippen MR) is 72.8 cm³/mol. The third kappa shape index (κ3) is 2.76. The Morgan fingerprint density at radius 3 is 2.89 bits per heavy atom. The van der Waals surface area contributed by atoms with Crippen LogP contribution in [0.25, 0.3) is 0 Å². The molecular weight excluding hydrogens is 244 g/mol. The highest BCUT2D eigenvalue weighted by Crippen LogP contribution is 2.19. The van der Waals surface area contributed by atoms with Gasteiger partial charge in [0, 0.05) is 10.6 Å². The molecule has 0 bridgehead atoms. The Hall–Kier alpha value is -2.12. The van der Waals surface area contributed by atoms with Crippen LogP contribution in [0.1, 0.15) is 27.0 Å². The normalized spacial score (nSPS) is 9.78. The van der Waals surface area contributed by atoms with Gasteiger partial charge in [-0.3, -0.25) is 4.79 Å². The molecule has 0 fully saturated rings. The van der Waals surface area contributed by atoms with Crippen molar-refractivity contribution >= 4 is 22.9 Å². The first-order chi connectivity index (χ1) is 8.72. The van der Waals surface area contributed by atoms with E-state index in [9.17, 15) is 4.79 Å². The molecule has 2 rings (SSSR count). The molecule has 0 aliphatic rings. The summed E-state index contributed by atoms with van der Waals surface area (Å²) >= 11 is 1.49. The number of nitriles is 1. The standard InChI is InChI=1S/C14H12N2OS/c1-2-12-6-7-13(18-12)14(17)16-11-5-3-4-10(8-11)9-15/h3-8H,2H2,1H3,(H,16,17). The monoisotopic (exact) mass is 256 g/mol. The Kier molecular flexibility index (Phi) is 3.75. The molecule has 0 unspecified atom stereocenters. The summed E-state index contributed by atoms with van der Waals surface area (Å²) in [6, 6.07) is 12.7. The third-order valence-electron chi connectivity index (χ3n) is 2.48. The zero-order chi connectivity index (χ0) is 13.0. The number of amides is 1. The highest BCUT2D eigenvalue weighted by molar-refractivity contribution is 7.14. The number of thiophene rings is 1. The van der Waals surface area contributed by atoms with Crippen LogP contribution in [-0.2, 0) is 6.42 Å². The van der Waals surface area contributed by atoms with E-state index in [1.165, 1.54) is 16.2 Å². The molecule has 0 saturated heterocycles. The van der Waals surface area contributed by atoms with E-state index >= 15 is 0 Å². The van der Waals surface area contributed by atoms with E-state index in [2.05, 4.69) is 12.2 Å². The van der Waals surface area contributed by atoms with Crippen LogP contribution < -0.4 is 5.32 Å². The Balaban J connectivity index is 2.13. The van der Waals surface area contributed by atoms with E-state index in [4.69, 9.17) is 5.26 Å². The van der Waals surface area contributed by atoms with Crippen molar-refractivity contribution in [3.05, 3.63) is 51.7 Å². The largest absolute Gasteiger partial charge is 0.321 e. The number of carbonyl (C=O) groups is 1. The van der Waals surface area contributed by atoms with Gasteiger partial charge in [-0.2, -0.15) is 5.26 Å². The molecule has 0 radical (unpaired) electrons. The first-order valence-corrected chi connectivity index (χ1v) is 6.45. The third-order valence-corrected chi connectivity index (χ3v) is 3.71. The maximum absolute atomic E-state index is 12.0. The zero-order valence-corrected chi connectivity index (χ0v) is 10.8. The van der Waals surface area contributed by atoms with Gasteiger partial charge in [0.05, 0.1) is 16.5 Å². The van der Waals surface area contributed by atoms with Gasteiger partial charge in [-0.1, -0.05) is 13.0 Å². The van der Waals surface area contributed by atoms with Crippen molar-refractivity contribution in [2.45, 2.75) is 13.3 Å². The second-order valence-corrected chi connectivity index (χ2v) is 4.93. The number of hydrogen-bond acceptors (Lipinski definition) is 3. The van der Waals surface area contributed by atoms with E-state index in [1.54, 1.807) is 24.3 Å². The maximum Gasteiger partial charge on any atom is 0.265 e. The van der Waals surface area contributed by atoms with E-state index in [0.29, 0.717) is 16.1 Å². The average molecular weight is 256 g/mol. The summed E-state index contributed by atoms with van der Waals surface area (Å²) in [5.41, 5.74) is 1.18. The molecule has 0 aliphatic carbocycles. The molecule has 4 heteroatoms. The van der Waals surface area contributed by atoms with Crippen LogP contribution in [0.4, 0.5) is 5.69 Å². The van der Waals surface area contributed by atoms with Crippen LogP contribution in [-0.4, -0.2) is 5.91 Å². The van der Waals surface area contributed by atoms with E-state index in [-0.39, 0.29) is 5.91 Å². The second-order valence-electron chi connectivity index (χ2n) is 3.77. The number of aryl methyl sites for hydroxylation is 1. The van der Waals surface area contributed by atoms with Crippen LogP contribution in [0.15, 0.2) is 36.4 Å². The molecule has 0 atom stereocenters. The summed E-state index contributed by atoms with van der Waals surface area (Å²) in [7, 11) is 0. The molecule has 1 heterocycles. The van der Waals surface area contributed by atoms with Crippen molar-refractivity contribution in [1.29, 1.82) is 5.26 Å². The van der Waals surface area contributed by atoms with Gasteiger partial charge in [0.15, 0.2) is 0 Å². The molecule has 1 N–H and O–H groups in total. The first kappa shape index (κ1) is 12.3. The average Bonchev–Trinajstić information content (AvgIpc) is 2.88. The van der Waals surface area contributed by atoms with Crippen LogP contribution >= 0.6 is 11.3 Å². The lowest BCUT2D eigenvalue weighted by atomic mass is 10.2. The van der Waals surface area contributed by atoms with Crippen molar-refractivity contribution < 1.29 is 4.79 Å². The van der Waals surface area contributed by atoms with Gasteiger partial charge in [-0.25, -0.2) is 0 Å². The van der Waals surface area contributed by atoms with Crippen molar-refractivity contribution in [3.63, 3.8) is 0 Å². The smallest absolute Gasteiger partial charge is 0.265 e. The number of nitrogens with zero attached hydrogens (tertiary/aromatic N) is 1. The van der Waals surface area contributed by atoms with Crippen LogP contribution in [0.3, 0.4) is 0 Å². The van der Waals surface area contributed by atoms with Crippen LogP contribution in [0, 0.1) is 11.3 Å². The molecule has 3 nitrogen and oxygen atoms in total. The minimum atomic E-state index is -0.130. The highest BCUT2D eigenvalue weighted by atomic mass is 32.1. The summed E-state index contributed by atoms with van der Waals surface area (Å²) in [5.74, 6) is -0.130. The summed E-state index contributed by atoms with van der Waals surface area (Å²) in [6.45, 7) is 2.06. The number of hydrogen-bond donors (Lipinski definition) is 1. The van der Waals surface area contributed by atoms with Gasteiger partial charge < -0.3 is 5.32 Å². The van der Waals surface area contributed by atoms with Crippen LogP contribution in [0.5, 0.6) is 0 Å². The lowest BCUT2D eigenvalue weighted by Gasteiger charge is -2.03. The Morgan fingerprint density at radius 1 is 1.39 bits per heavy atom. The summed E-state index contributed by atoms with van der Waals surface area (Å²) < 4.78 is 0.